The first-order valence-corrected chi connectivity index (χ1v) is 12.7. The fourth-order valence-electron chi connectivity index (χ4n) is 5.90. The molecule has 1 aromatic heterocycles. The summed E-state index contributed by atoms with van der Waals surface area (Å²) in [5.74, 6) is 0. The summed E-state index contributed by atoms with van der Waals surface area (Å²) in [6.45, 7) is 0. The molecule has 188 valence electrons. The third-order valence-corrected chi connectivity index (χ3v) is 7.84. The van der Waals surface area contributed by atoms with E-state index in [9.17, 15) is 13.2 Å². The number of halogens is 4. The fraction of sp³-hybridized carbons (Fsp3) is 0.152. The molecule has 0 saturated carbocycles. The highest BCUT2D eigenvalue weighted by Gasteiger charge is 2.58. The second-order valence-electron chi connectivity index (χ2n) is 10.1. The van der Waals surface area contributed by atoms with Gasteiger partial charge >= 0.3 is 6.18 Å². The number of hydrogen-bond donors (Lipinski definition) is 0. The Bertz CT molecular complexity index is 1860. The van der Waals surface area contributed by atoms with Crippen LogP contribution in [0.1, 0.15) is 24.0 Å². The summed E-state index contributed by atoms with van der Waals surface area (Å²) in [5, 5.41) is 3.99. The van der Waals surface area contributed by atoms with E-state index in [1.807, 2.05) is 78.9 Å². The van der Waals surface area contributed by atoms with Crippen molar-refractivity contribution in [2.75, 3.05) is 0 Å². The number of alkyl halides is 4. The summed E-state index contributed by atoms with van der Waals surface area (Å²) in [4.78, 5) is 0. The smallest absolute Gasteiger partial charge is 0.426 e. The highest BCUT2D eigenvalue weighted by Crippen LogP contribution is 2.51. The van der Waals surface area contributed by atoms with Gasteiger partial charge in [-0.05, 0) is 94.3 Å². The minimum Gasteiger partial charge on any atom is -0.456 e. The molecule has 0 spiro atoms. The van der Waals surface area contributed by atoms with Crippen LogP contribution in [0.2, 0.25) is 0 Å². The Morgan fingerprint density at radius 3 is 2.24 bits per heavy atom. The second kappa shape index (κ2) is 8.19. The number of fused-ring (bicyclic) bond motifs is 5. The molecule has 1 aliphatic rings. The molecule has 1 unspecified atom stereocenters. The van der Waals surface area contributed by atoms with Crippen molar-refractivity contribution in [3.63, 3.8) is 0 Å². The zero-order valence-electron chi connectivity index (χ0n) is 20.3. The van der Waals surface area contributed by atoms with Crippen LogP contribution in [0.4, 0.5) is 17.6 Å². The van der Waals surface area contributed by atoms with Gasteiger partial charge in [-0.3, -0.25) is 0 Å². The molecule has 0 bridgehead atoms. The molecule has 1 aliphatic carbocycles. The van der Waals surface area contributed by atoms with Gasteiger partial charge in [0, 0.05) is 16.3 Å². The third kappa shape index (κ3) is 3.45. The average Bonchev–Trinajstić information content (AvgIpc) is 3.30. The van der Waals surface area contributed by atoms with Crippen molar-refractivity contribution in [2.45, 2.75) is 31.1 Å². The summed E-state index contributed by atoms with van der Waals surface area (Å²) in [6, 6.07) is 30.7. The monoisotopic (exact) mass is 510 g/mol. The maximum absolute atomic E-state index is 15.5. The molecule has 1 nitrogen and oxygen atoms in total. The van der Waals surface area contributed by atoms with Crippen molar-refractivity contribution in [1.29, 1.82) is 0 Å². The van der Waals surface area contributed by atoms with Gasteiger partial charge in [0.15, 0.2) is 0 Å². The Hall–Kier alpha value is -4.12. The van der Waals surface area contributed by atoms with Crippen LogP contribution in [0, 0.1) is 0 Å². The van der Waals surface area contributed by atoms with Crippen LogP contribution in [0.25, 0.3) is 55.0 Å². The number of para-hydroxylation sites is 1. The molecule has 0 fully saturated rings. The fourth-order valence-corrected chi connectivity index (χ4v) is 5.90. The van der Waals surface area contributed by atoms with E-state index < -0.39 is 18.3 Å². The molecule has 5 aromatic carbocycles. The van der Waals surface area contributed by atoms with E-state index in [0.717, 1.165) is 49.4 Å². The first kappa shape index (κ1) is 23.0. The highest BCUT2D eigenvalue weighted by molar-refractivity contribution is 6.08. The topological polar surface area (TPSA) is 13.1 Å². The Morgan fingerprint density at radius 1 is 0.658 bits per heavy atom. The van der Waals surface area contributed by atoms with Crippen molar-refractivity contribution >= 4 is 32.7 Å². The molecule has 0 aliphatic heterocycles. The molecule has 0 saturated heterocycles. The van der Waals surface area contributed by atoms with E-state index in [1.54, 1.807) is 6.07 Å². The van der Waals surface area contributed by atoms with Crippen molar-refractivity contribution < 1.29 is 22.0 Å². The van der Waals surface area contributed by atoms with Gasteiger partial charge in [-0.2, -0.15) is 13.2 Å². The van der Waals surface area contributed by atoms with E-state index >= 15 is 4.39 Å². The zero-order valence-corrected chi connectivity index (χ0v) is 20.3. The Labute approximate surface area is 216 Å². The summed E-state index contributed by atoms with van der Waals surface area (Å²) in [6.07, 6.45) is -4.89. The SMILES string of the molecule is FC(F)(F)C1(F)CCCc2ccc(-c3cc(-c4ccc5oc6ccccc6c5c4)c4ccccc4c3)cc21. The summed E-state index contributed by atoms with van der Waals surface area (Å²) >= 11 is 0. The van der Waals surface area contributed by atoms with Crippen LogP contribution in [-0.2, 0) is 12.1 Å². The van der Waals surface area contributed by atoms with E-state index in [4.69, 9.17) is 4.42 Å². The van der Waals surface area contributed by atoms with Gasteiger partial charge in [-0.25, -0.2) is 4.39 Å². The van der Waals surface area contributed by atoms with Gasteiger partial charge in [-0.15, -0.1) is 0 Å². The van der Waals surface area contributed by atoms with Crippen LogP contribution in [0.5, 0.6) is 0 Å². The van der Waals surface area contributed by atoms with Crippen LogP contribution in [-0.4, -0.2) is 6.18 Å². The maximum Gasteiger partial charge on any atom is 0.426 e. The molecule has 5 heteroatoms. The molecule has 0 N–H and O–H groups in total. The third-order valence-electron chi connectivity index (χ3n) is 7.84. The summed E-state index contributed by atoms with van der Waals surface area (Å²) in [5.41, 5.74) is 1.67. The van der Waals surface area contributed by atoms with E-state index in [0.29, 0.717) is 17.5 Å². The zero-order chi connectivity index (χ0) is 26.1. The van der Waals surface area contributed by atoms with Crippen molar-refractivity contribution in [2.24, 2.45) is 0 Å². The first-order valence-electron chi connectivity index (χ1n) is 12.7. The Balaban J connectivity index is 1.44. The molecule has 1 atom stereocenters. The normalized spacial score (nSPS) is 17.8. The molecule has 38 heavy (non-hydrogen) atoms. The largest absolute Gasteiger partial charge is 0.456 e. The summed E-state index contributed by atoms with van der Waals surface area (Å²) < 4.78 is 63.1. The number of furan rings is 1. The lowest BCUT2D eigenvalue weighted by Gasteiger charge is -2.34. The van der Waals surface area contributed by atoms with Crippen LogP contribution in [0.15, 0.2) is 101 Å². The van der Waals surface area contributed by atoms with Gasteiger partial charge < -0.3 is 4.42 Å². The predicted octanol–water partition coefficient (Wildman–Crippen LogP) is 10.1. The molecule has 0 radical (unpaired) electrons. The van der Waals surface area contributed by atoms with Gasteiger partial charge in [0.05, 0.1) is 0 Å². The van der Waals surface area contributed by atoms with Crippen molar-refractivity contribution in [1.82, 2.24) is 0 Å². The number of benzene rings is 5. The molecular formula is C33H22F4O. The number of rotatable bonds is 2. The van der Waals surface area contributed by atoms with Crippen LogP contribution in [0.3, 0.4) is 0 Å². The Morgan fingerprint density at radius 2 is 1.39 bits per heavy atom. The lowest BCUT2D eigenvalue weighted by atomic mass is 9.78. The molecule has 1 heterocycles. The first-order chi connectivity index (χ1) is 18.3. The maximum atomic E-state index is 15.5. The Kier molecular flexibility index (Phi) is 4.96. The molecule has 7 rings (SSSR count). The van der Waals surface area contributed by atoms with Crippen molar-refractivity contribution in [3.8, 4) is 22.3 Å². The molecule has 0 amide bonds. The van der Waals surface area contributed by atoms with E-state index in [2.05, 4.69) is 6.07 Å². The van der Waals surface area contributed by atoms with Gasteiger partial charge in [0.2, 0.25) is 5.67 Å². The van der Waals surface area contributed by atoms with Crippen LogP contribution >= 0.6 is 0 Å². The summed E-state index contributed by atoms with van der Waals surface area (Å²) in [7, 11) is 0. The van der Waals surface area contributed by atoms with Gasteiger partial charge in [-0.1, -0.05) is 60.7 Å². The van der Waals surface area contributed by atoms with Gasteiger partial charge in [0.25, 0.3) is 0 Å². The standard InChI is InChI=1S/C33H22F4O/c34-32(33(35,36)37)15-5-7-20-11-12-21(19-29(20)32)24-16-22-6-1-2-8-25(22)27(18-24)23-13-14-31-28(17-23)26-9-3-4-10-30(26)38-31/h1-4,6,8-14,16-19H,5,7,15H2. The minimum atomic E-state index is -4.96. The highest BCUT2D eigenvalue weighted by atomic mass is 19.4. The lowest BCUT2D eigenvalue weighted by Crippen LogP contribution is -2.41. The van der Waals surface area contributed by atoms with E-state index in [-0.39, 0.29) is 12.0 Å². The molecule has 6 aromatic rings. The second-order valence-corrected chi connectivity index (χ2v) is 10.1. The van der Waals surface area contributed by atoms with E-state index in [1.165, 1.54) is 6.07 Å². The van der Waals surface area contributed by atoms with Crippen molar-refractivity contribution in [3.05, 3.63) is 108 Å². The lowest BCUT2D eigenvalue weighted by molar-refractivity contribution is -0.240. The average molecular weight is 511 g/mol. The van der Waals surface area contributed by atoms with Crippen LogP contribution < -0.4 is 0 Å². The predicted molar refractivity (Wildman–Crippen MR) is 144 cm³/mol. The minimum absolute atomic E-state index is 0.174. The molecular weight excluding hydrogens is 488 g/mol. The number of aryl methyl sites for hydroxylation is 1. The number of hydrogen-bond acceptors (Lipinski definition) is 1. The quantitative estimate of drug-likeness (QED) is 0.211. The van der Waals surface area contributed by atoms with Gasteiger partial charge in [0.1, 0.15) is 11.2 Å².